The van der Waals surface area contributed by atoms with Gasteiger partial charge in [0.25, 0.3) is 0 Å². The second kappa shape index (κ2) is 20.9. The molecule has 0 saturated carbocycles. The van der Waals surface area contributed by atoms with Crippen molar-refractivity contribution in [2.45, 2.75) is 0 Å². The van der Waals surface area contributed by atoms with Gasteiger partial charge in [-0.05, 0) is 0 Å². The van der Waals surface area contributed by atoms with Gasteiger partial charge in [-0.25, -0.2) is 0 Å². The van der Waals surface area contributed by atoms with Gasteiger partial charge < -0.3 is 74.9 Å². The van der Waals surface area contributed by atoms with E-state index in [4.69, 9.17) is 74.9 Å². The zero-order valence-electron chi connectivity index (χ0n) is 10.5. The number of rotatable bonds is 0. The summed E-state index contributed by atoms with van der Waals surface area (Å²) in [5.41, 5.74) is 0. The quantitative estimate of drug-likeness (QED) is 0.253. The fourth-order valence-corrected chi connectivity index (χ4v) is 16.4. The predicted molar refractivity (Wildman–Crippen MR) is 142 cm³/mol. The van der Waals surface area contributed by atoms with Crippen molar-refractivity contribution < 1.29 is 0 Å². The van der Waals surface area contributed by atoms with E-state index in [1.807, 2.05) is 0 Å². The first kappa shape index (κ1) is 34.6. The Labute approximate surface area is 298 Å². The summed E-state index contributed by atoms with van der Waals surface area (Å²) < 4.78 is 1.06. The van der Waals surface area contributed by atoms with E-state index in [0.29, 0.717) is 0 Å². The van der Waals surface area contributed by atoms with Crippen LogP contribution in [0.15, 0.2) is 0 Å². The standard InChI is InChI=1S/2B3S6.3Sr/c2*4-1-7-2(5)9-3(6)8-1;;;/q2*-3;3*+2. The van der Waals surface area contributed by atoms with Crippen LogP contribution in [0.2, 0.25) is 0 Å². The van der Waals surface area contributed by atoms with Crippen LogP contribution in [0.25, 0.3) is 0 Å². The molecular formula is B6S12Sr3. The van der Waals surface area contributed by atoms with Crippen LogP contribution >= 0.6 is 68.8 Å². The van der Waals surface area contributed by atoms with E-state index in [9.17, 15) is 0 Å². The molecule has 21 heavy (non-hydrogen) atoms. The fourth-order valence-electron chi connectivity index (χ4n) is 0.737. The zero-order chi connectivity index (χ0) is 13.7. The van der Waals surface area contributed by atoms with Crippen LogP contribution in [0, 0.1) is 0 Å². The van der Waals surface area contributed by atoms with Gasteiger partial charge in [0.05, 0.1) is 27.3 Å². The Balaban J connectivity index is -0.000000270. The van der Waals surface area contributed by atoms with E-state index in [0.717, 1.165) is 0 Å². The third-order valence-corrected chi connectivity index (χ3v) is 12.0. The first-order valence-electron chi connectivity index (χ1n) is 4.24. The van der Waals surface area contributed by atoms with Crippen molar-refractivity contribution in [3.05, 3.63) is 0 Å². The van der Waals surface area contributed by atoms with Gasteiger partial charge in [0, 0.05) is 0 Å². The topological polar surface area (TPSA) is 0 Å². The van der Waals surface area contributed by atoms with Crippen LogP contribution in [0.4, 0.5) is 0 Å². The van der Waals surface area contributed by atoms with E-state index in [-0.39, 0.29) is 164 Å². The Morgan fingerprint density at radius 3 is 0.524 bits per heavy atom. The Bertz CT molecular complexity index is 175. The minimum atomic E-state index is 0. The van der Waals surface area contributed by atoms with Crippen molar-refractivity contribution in [1.29, 1.82) is 0 Å². The van der Waals surface area contributed by atoms with Gasteiger partial charge in [-0.1, -0.05) is 0 Å². The third-order valence-electron chi connectivity index (χ3n) is 1.33. The molecule has 2 rings (SSSR count). The first-order valence-corrected chi connectivity index (χ1v) is 12.7. The second-order valence-corrected chi connectivity index (χ2v) is 18.0. The van der Waals surface area contributed by atoms with Crippen molar-refractivity contribution in [2.24, 2.45) is 0 Å². The number of hydrogen-bond donors (Lipinski definition) is 0. The van der Waals surface area contributed by atoms with Gasteiger partial charge in [-0.15, -0.1) is 0 Å². The SMILES string of the molecule is [S-]B1SB([S-])SB([S-])S1.[S-]B1SB([S-])SB([S-])S1.[Sr+2].[Sr+2].[Sr+2]. The molecule has 0 atom stereocenters. The molecule has 96 valence electrons. The molecule has 0 N–H and O–H groups in total. The van der Waals surface area contributed by atoms with E-state index >= 15 is 0 Å². The molecule has 0 amide bonds. The van der Waals surface area contributed by atoms with Crippen molar-refractivity contribution in [2.75, 3.05) is 0 Å². The molecular weight excluding hydrogens is 713 g/mol. The maximum Gasteiger partial charge on any atom is 2.00 e. The van der Waals surface area contributed by atoms with Gasteiger partial charge in [0.15, 0.2) is 0 Å². The molecule has 0 aromatic heterocycles. The molecule has 2 aliphatic rings. The summed E-state index contributed by atoms with van der Waals surface area (Å²) in [5, 5.41) is 0. The normalized spacial score (nSPS) is 18.0. The molecule has 2 saturated heterocycles. The van der Waals surface area contributed by atoms with Crippen molar-refractivity contribution in [3.63, 3.8) is 0 Å². The molecule has 21 heteroatoms. The van der Waals surface area contributed by atoms with Gasteiger partial charge in [0.1, 0.15) is 0 Å². The van der Waals surface area contributed by atoms with Crippen LogP contribution in [0.1, 0.15) is 0 Å². The molecule has 0 aliphatic carbocycles. The molecule has 2 aliphatic heterocycles. The molecule has 0 aromatic rings. The Morgan fingerprint density at radius 2 is 0.429 bits per heavy atom. The second-order valence-electron chi connectivity index (χ2n) is 2.55. The Hall–Kier alpha value is 9.03. The van der Waals surface area contributed by atoms with E-state index < -0.39 is 0 Å². The fraction of sp³-hybridized carbons (Fsp3) is 0. The van der Waals surface area contributed by atoms with Gasteiger partial charge in [-0.3, -0.25) is 68.8 Å². The predicted octanol–water partition coefficient (Wildman–Crippen LogP) is 0.448. The molecule has 0 unspecified atom stereocenters. The van der Waals surface area contributed by atoms with Gasteiger partial charge >= 0.3 is 136 Å². The first-order chi connectivity index (χ1) is 8.36. The van der Waals surface area contributed by atoms with E-state index in [1.54, 1.807) is 68.8 Å². The zero-order valence-corrected chi connectivity index (χ0v) is 30.7. The average Bonchev–Trinajstić information content (AvgIpc) is 2.12. The van der Waals surface area contributed by atoms with Gasteiger partial charge in [0.2, 0.25) is 0 Å². The summed E-state index contributed by atoms with van der Waals surface area (Å²) in [4.78, 5) is 0. The van der Waals surface area contributed by atoms with Crippen LogP contribution in [-0.2, 0) is 74.9 Å². The maximum absolute atomic E-state index is 5.02. The minimum Gasteiger partial charge on any atom is -0.803 e. The van der Waals surface area contributed by atoms with E-state index in [1.165, 1.54) is 0 Å². The molecule has 2 fully saturated rings. The van der Waals surface area contributed by atoms with Crippen molar-refractivity contribution >= 4 is 307 Å². The van der Waals surface area contributed by atoms with Gasteiger partial charge in [-0.2, -0.15) is 0 Å². The van der Waals surface area contributed by atoms with Crippen LogP contribution < -0.4 is 0 Å². The van der Waals surface area contributed by atoms with Crippen molar-refractivity contribution in [1.82, 2.24) is 0 Å². The smallest absolute Gasteiger partial charge is 0.803 e. The molecule has 0 nitrogen and oxygen atoms in total. The summed E-state index contributed by atoms with van der Waals surface area (Å²) in [6, 6.07) is 0. The van der Waals surface area contributed by atoms with E-state index in [2.05, 4.69) is 0 Å². The summed E-state index contributed by atoms with van der Waals surface area (Å²) in [5.74, 6) is 0. The molecule has 0 radical (unpaired) electrons. The molecule has 0 spiro atoms. The minimum absolute atomic E-state index is 0. The van der Waals surface area contributed by atoms with Crippen LogP contribution in [0.3, 0.4) is 0 Å². The van der Waals surface area contributed by atoms with Crippen molar-refractivity contribution in [3.8, 4) is 0 Å². The average molecular weight is 713 g/mol. The molecule has 0 aromatic carbocycles. The Morgan fingerprint density at radius 1 is 0.333 bits per heavy atom. The molecule has 2 heterocycles. The number of hydrogen-bond acceptors (Lipinski definition) is 12. The largest absolute Gasteiger partial charge is 2.00 e. The summed E-state index contributed by atoms with van der Waals surface area (Å²) in [6.07, 6.45) is 0. The summed E-state index contributed by atoms with van der Waals surface area (Å²) in [7, 11) is 0. The third kappa shape index (κ3) is 19.4. The maximum atomic E-state index is 5.02. The van der Waals surface area contributed by atoms with Crippen LogP contribution in [-0.4, -0.2) is 164 Å². The molecule has 0 bridgehead atoms. The summed E-state index contributed by atoms with van der Waals surface area (Å²) >= 11 is 39.9. The monoisotopic (exact) mass is 713 g/mol. The Kier molecular flexibility index (Phi) is 34.5. The van der Waals surface area contributed by atoms with Crippen LogP contribution in [0.5, 0.6) is 0 Å². The summed E-state index contributed by atoms with van der Waals surface area (Å²) in [6.45, 7) is 0.